The Kier molecular flexibility index (Phi) is 3.22. The van der Waals surface area contributed by atoms with Crippen molar-refractivity contribution in [3.63, 3.8) is 0 Å². The Morgan fingerprint density at radius 2 is 2.28 bits per heavy atom. The first-order chi connectivity index (χ1) is 8.58. The summed E-state index contributed by atoms with van der Waals surface area (Å²) in [4.78, 5) is 10.3. The van der Waals surface area contributed by atoms with Gasteiger partial charge in [0.15, 0.2) is 0 Å². The van der Waals surface area contributed by atoms with Crippen LogP contribution in [0.3, 0.4) is 0 Å². The molecule has 0 amide bonds. The summed E-state index contributed by atoms with van der Waals surface area (Å²) in [7, 11) is 0. The molecule has 1 aromatic carbocycles. The molecule has 0 aliphatic carbocycles. The SMILES string of the molecule is CC(Nc1cc(F)ccc1[N+](=O)[O-])c1ccn[nH]1. The van der Waals surface area contributed by atoms with E-state index >= 15 is 0 Å². The second kappa shape index (κ2) is 4.82. The Bertz CT molecular complexity index is 556. The van der Waals surface area contributed by atoms with E-state index in [2.05, 4.69) is 15.5 Å². The molecule has 0 saturated heterocycles. The van der Waals surface area contributed by atoms with E-state index < -0.39 is 10.7 Å². The van der Waals surface area contributed by atoms with Gasteiger partial charge in [-0.2, -0.15) is 5.10 Å². The number of halogens is 1. The zero-order chi connectivity index (χ0) is 13.1. The summed E-state index contributed by atoms with van der Waals surface area (Å²) in [6.45, 7) is 1.79. The number of nitro groups is 1. The Hall–Kier alpha value is -2.44. The van der Waals surface area contributed by atoms with Crippen LogP contribution in [-0.4, -0.2) is 15.1 Å². The van der Waals surface area contributed by atoms with Gasteiger partial charge in [-0.15, -0.1) is 0 Å². The average Bonchev–Trinajstić information content (AvgIpc) is 2.81. The Morgan fingerprint density at radius 3 is 2.89 bits per heavy atom. The molecule has 0 aliphatic heterocycles. The zero-order valence-electron chi connectivity index (χ0n) is 9.55. The van der Waals surface area contributed by atoms with Gasteiger partial charge in [0, 0.05) is 18.3 Å². The second-order valence-corrected chi connectivity index (χ2v) is 3.80. The largest absolute Gasteiger partial charge is 0.371 e. The molecular weight excluding hydrogens is 239 g/mol. The lowest BCUT2D eigenvalue weighted by Crippen LogP contribution is -2.09. The minimum absolute atomic E-state index is 0.141. The number of aromatic nitrogens is 2. The van der Waals surface area contributed by atoms with Crippen molar-refractivity contribution in [2.24, 2.45) is 0 Å². The molecule has 1 aromatic heterocycles. The van der Waals surface area contributed by atoms with Crippen LogP contribution in [0.2, 0.25) is 0 Å². The van der Waals surface area contributed by atoms with Gasteiger partial charge >= 0.3 is 0 Å². The molecule has 0 bridgehead atoms. The first-order valence-electron chi connectivity index (χ1n) is 5.27. The number of nitro benzene ring substituents is 1. The summed E-state index contributed by atoms with van der Waals surface area (Å²) in [6.07, 6.45) is 1.58. The van der Waals surface area contributed by atoms with Gasteiger partial charge in [0.2, 0.25) is 0 Å². The fraction of sp³-hybridized carbons (Fsp3) is 0.182. The minimum atomic E-state index is -0.554. The number of nitrogens with zero attached hydrogens (tertiary/aromatic N) is 2. The van der Waals surface area contributed by atoms with Crippen LogP contribution in [0, 0.1) is 15.9 Å². The van der Waals surface area contributed by atoms with Crippen LogP contribution in [0.4, 0.5) is 15.8 Å². The average molecular weight is 250 g/mol. The highest BCUT2D eigenvalue weighted by molar-refractivity contribution is 5.62. The normalized spacial score (nSPS) is 12.1. The first-order valence-corrected chi connectivity index (χ1v) is 5.27. The summed E-state index contributed by atoms with van der Waals surface area (Å²) in [5.41, 5.74) is 0.735. The van der Waals surface area contributed by atoms with Crippen LogP contribution < -0.4 is 5.32 Å². The van der Waals surface area contributed by atoms with E-state index in [0.29, 0.717) is 0 Å². The van der Waals surface area contributed by atoms with Crippen molar-refractivity contribution in [2.45, 2.75) is 13.0 Å². The molecular formula is C11H11FN4O2. The molecule has 0 radical (unpaired) electrons. The standard InChI is InChI=1S/C11H11FN4O2/c1-7(9-4-5-13-15-9)14-10-6-8(12)2-3-11(10)16(17)18/h2-7,14H,1H3,(H,13,15). The zero-order valence-corrected chi connectivity index (χ0v) is 9.55. The third kappa shape index (κ3) is 2.45. The number of nitrogens with one attached hydrogen (secondary N) is 2. The maximum atomic E-state index is 13.1. The van der Waals surface area contributed by atoms with E-state index in [4.69, 9.17) is 0 Å². The highest BCUT2D eigenvalue weighted by Crippen LogP contribution is 2.28. The van der Waals surface area contributed by atoms with Crippen molar-refractivity contribution < 1.29 is 9.31 Å². The van der Waals surface area contributed by atoms with Crippen molar-refractivity contribution in [1.29, 1.82) is 0 Å². The molecule has 0 fully saturated rings. The third-order valence-electron chi connectivity index (χ3n) is 2.52. The number of hydrogen-bond donors (Lipinski definition) is 2. The van der Waals surface area contributed by atoms with E-state index in [1.54, 1.807) is 19.2 Å². The number of anilines is 1. The smallest absolute Gasteiger partial charge is 0.292 e. The Morgan fingerprint density at radius 1 is 1.50 bits per heavy atom. The third-order valence-corrected chi connectivity index (χ3v) is 2.52. The van der Waals surface area contributed by atoms with Crippen LogP contribution in [0.5, 0.6) is 0 Å². The van der Waals surface area contributed by atoms with E-state index in [-0.39, 0.29) is 17.4 Å². The van der Waals surface area contributed by atoms with Crippen molar-refractivity contribution in [1.82, 2.24) is 10.2 Å². The maximum Gasteiger partial charge on any atom is 0.292 e. The Balaban J connectivity index is 2.28. The molecule has 18 heavy (non-hydrogen) atoms. The molecule has 0 saturated carbocycles. The van der Waals surface area contributed by atoms with Crippen molar-refractivity contribution in [3.8, 4) is 0 Å². The highest BCUT2D eigenvalue weighted by atomic mass is 19.1. The molecule has 1 heterocycles. The van der Waals surface area contributed by atoms with Crippen molar-refractivity contribution in [3.05, 3.63) is 52.1 Å². The van der Waals surface area contributed by atoms with E-state index in [1.165, 1.54) is 0 Å². The summed E-state index contributed by atoms with van der Waals surface area (Å²) in [5, 5.41) is 20.2. The van der Waals surface area contributed by atoms with E-state index in [9.17, 15) is 14.5 Å². The van der Waals surface area contributed by atoms with Crippen LogP contribution in [0.1, 0.15) is 18.7 Å². The van der Waals surface area contributed by atoms with Gasteiger partial charge in [-0.25, -0.2) is 4.39 Å². The summed E-state index contributed by atoms with van der Waals surface area (Å²) in [5.74, 6) is -0.528. The molecule has 94 valence electrons. The lowest BCUT2D eigenvalue weighted by Gasteiger charge is -2.13. The molecule has 2 N–H and O–H groups in total. The molecule has 2 aromatic rings. The molecule has 7 heteroatoms. The lowest BCUT2D eigenvalue weighted by atomic mass is 10.2. The topological polar surface area (TPSA) is 83.8 Å². The van der Waals surface area contributed by atoms with Gasteiger partial charge in [0.25, 0.3) is 5.69 Å². The number of hydrogen-bond acceptors (Lipinski definition) is 4. The van der Waals surface area contributed by atoms with E-state index in [0.717, 1.165) is 23.9 Å². The summed E-state index contributed by atoms with van der Waals surface area (Å²) >= 11 is 0. The predicted octanol–water partition coefficient (Wildman–Crippen LogP) is 2.63. The number of H-pyrrole nitrogens is 1. The molecule has 6 nitrogen and oxygen atoms in total. The second-order valence-electron chi connectivity index (χ2n) is 3.80. The fourth-order valence-electron chi connectivity index (χ4n) is 1.60. The van der Waals surface area contributed by atoms with Crippen molar-refractivity contribution in [2.75, 3.05) is 5.32 Å². The molecule has 0 spiro atoms. The van der Waals surface area contributed by atoms with Gasteiger partial charge in [-0.3, -0.25) is 15.2 Å². The van der Waals surface area contributed by atoms with Crippen LogP contribution in [-0.2, 0) is 0 Å². The van der Waals surface area contributed by atoms with Gasteiger partial charge in [0.05, 0.1) is 16.7 Å². The number of rotatable bonds is 4. The number of aromatic amines is 1. The van der Waals surface area contributed by atoms with E-state index in [1.807, 2.05) is 0 Å². The molecule has 1 atom stereocenters. The Labute approximate surface area is 102 Å². The fourth-order valence-corrected chi connectivity index (χ4v) is 1.60. The summed E-state index contributed by atoms with van der Waals surface area (Å²) < 4.78 is 13.1. The lowest BCUT2D eigenvalue weighted by molar-refractivity contribution is -0.384. The molecule has 1 unspecified atom stereocenters. The van der Waals surface area contributed by atoms with Gasteiger partial charge in [0.1, 0.15) is 11.5 Å². The maximum absolute atomic E-state index is 13.1. The summed E-state index contributed by atoms with van der Waals surface area (Å²) in [6, 6.07) is 4.79. The first kappa shape index (κ1) is 12.0. The molecule has 2 rings (SSSR count). The van der Waals surface area contributed by atoms with Gasteiger partial charge in [-0.05, 0) is 19.1 Å². The highest BCUT2D eigenvalue weighted by Gasteiger charge is 2.17. The van der Waals surface area contributed by atoms with Crippen LogP contribution >= 0.6 is 0 Å². The van der Waals surface area contributed by atoms with Crippen LogP contribution in [0.15, 0.2) is 30.5 Å². The quantitative estimate of drug-likeness (QED) is 0.645. The van der Waals surface area contributed by atoms with Crippen molar-refractivity contribution >= 4 is 11.4 Å². The monoisotopic (exact) mass is 250 g/mol. The van der Waals surface area contributed by atoms with Gasteiger partial charge in [-0.1, -0.05) is 0 Å². The predicted molar refractivity (Wildman–Crippen MR) is 63.7 cm³/mol. The minimum Gasteiger partial charge on any atom is -0.371 e. The molecule has 0 aliphatic rings. The van der Waals surface area contributed by atoms with Gasteiger partial charge < -0.3 is 5.32 Å². The van der Waals surface area contributed by atoms with Crippen LogP contribution in [0.25, 0.3) is 0 Å². The number of benzene rings is 1.